The molecule has 0 fully saturated rings. The third-order valence-corrected chi connectivity index (χ3v) is 2.49. The van der Waals surface area contributed by atoms with Crippen LogP contribution in [0.4, 0.5) is 5.69 Å². The van der Waals surface area contributed by atoms with E-state index in [0.29, 0.717) is 35.5 Å². The molecule has 1 aliphatic heterocycles. The summed E-state index contributed by atoms with van der Waals surface area (Å²) in [6.45, 7) is 2.37. The zero-order valence-electron chi connectivity index (χ0n) is 8.87. The fourth-order valence-electron chi connectivity index (χ4n) is 1.77. The van der Waals surface area contributed by atoms with E-state index in [0.717, 1.165) is 0 Å². The number of nitrogens with two attached hydrogens (primary N) is 1. The molecule has 0 saturated heterocycles. The van der Waals surface area contributed by atoms with Crippen LogP contribution in [0, 0.1) is 0 Å². The number of benzene rings is 1. The van der Waals surface area contributed by atoms with Crippen LogP contribution in [0.1, 0.15) is 33.2 Å². The predicted molar refractivity (Wildman–Crippen MR) is 58.0 cm³/mol. The molecule has 0 aromatic heterocycles. The molecule has 2 rings (SSSR count). The minimum atomic E-state index is -0.421. The van der Waals surface area contributed by atoms with E-state index in [4.69, 9.17) is 10.5 Å². The van der Waals surface area contributed by atoms with Crippen molar-refractivity contribution in [2.45, 2.75) is 13.5 Å². The van der Waals surface area contributed by atoms with Gasteiger partial charge in [-0.1, -0.05) is 0 Å². The van der Waals surface area contributed by atoms with E-state index < -0.39 is 5.97 Å². The summed E-state index contributed by atoms with van der Waals surface area (Å²) in [5.74, 6) is -0.658. The first kappa shape index (κ1) is 10.5. The van der Waals surface area contributed by atoms with Crippen LogP contribution in [0.15, 0.2) is 12.1 Å². The molecule has 1 aromatic rings. The molecule has 0 saturated carbocycles. The summed E-state index contributed by atoms with van der Waals surface area (Å²) in [5, 5.41) is 2.64. The number of carbonyl (C=O) groups is 2. The molecule has 1 heterocycles. The second kappa shape index (κ2) is 3.84. The first-order valence-corrected chi connectivity index (χ1v) is 5.01. The summed E-state index contributed by atoms with van der Waals surface area (Å²) in [5.41, 5.74) is 7.51. The molecule has 0 aliphatic carbocycles. The van der Waals surface area contributed by atoms with E-state index in [2.05, 4.69) is 5.32 Å². The summed E-state index contributed by atoms with van der Waals surface area (Å²) in [7, 11) is 0. The number of esters is 1. The summed E-state index contributed by atoms with van der Waals surface area (Å²) >= 11 is 0. The lowest BCUT2D eigenvalue weighted by Crippen LogP contribution is -2.13. The van der Waals surface area contributed by atoms with Crippen molar-refractivity contribution >= 4 is 17.6 Å². The average Bonchev–Trinajstić information content (AvgIpc) is 2.62. The number of fused-ring (bicyclic) bond motifs is 1. The second-order valence-corrected chi connectivity index (χ2v) is 3.46. The molecule has 0 bridgehead atoms. The molecule has 1 aromatic carbocycles. The summed E-state index contributed by atoms with van der Waals surface area (Å²) in [6.07, 6.45) is 0. The fourth-order valence-corrected chi connectivity index (χ4v) is 1.77. The van der Waals surface area contributed by atoms with Gasteiger partial charge in [-0.2, -0.15) is 0 Å². The molecular weight excluding hydrogens is 208 g/mol. The molecule has 0 atom stereocenters. The van der Waals surface area contributed by atoms with Crippen molar-refractivity contribution in [3.8, 4) is 0 Å². The van der Waals surface area contributed by atoms with Crippen LogP contribution >= 0.6 is 0 Å². The standard InChI is InChI=1S/C11H12N2O3/c1-2-16-11(15)6-3-4-8(12)9-7(6)5-13-10(9)14/h3-4H,2,5,12H2,1H3,(H,13,14). The number of nitrogen functional groups attached to an aromatic ring is 1. The Kier molecular flexibility index (Phi) is 2.52. The molecule has 84 valence electrons. The Hall–Kier alpha value is -2.04. The van der Waals surface area contributed by atoms with Crippen LogP contribution in [-0.2, 0) is 11.3 Å². The molecule has 16 heavy (non-hydrogen) atoms. The van der Waals surface area contributed by atoms with E-state index in [1.807, 2.05) is 0 Å². The van der Waals surface area contributed by atoms with Gasteiger partial charge in [0.15, 0.2) is 0 Å². The lowest BCUT2D eigenvalue weighted by atomic mass is 10.0. The van der Waals surface area contributed by atoms with E-state index >= 15 is 0 Å². The molecule has 5 nitrogen and oxygen atoms in total. The Morgan fingerprint density at radius 3 is 3.00 bits per heavy atom. The highest BCUT2D eigenvalue weighted by Gasteiger charge is 2.27. The maximum Gasteiger partial charge on any atom is 0.338 e. The van der Waals surface area contributed by atoms with Gasteiger partial charge in [-0.3, -0.25) is 4.79 Å². The highest BCUT2D eigenvalue weighted by atomic mass is 16.5. The van der Waals surface area contributed by atoms with Crippen LogP contribution in [0.2, 0.25) is 0 Å². The minimum absolute atomic E-state index is 0.237. The summed E-state index contributed by atoms with van der Waals surface area (Å²) in [6, 6.07) is 3.14. The number of carbonyl (C=O) groups excluding carboxylic acids is 2. The van der Waals surface area contributed by atoms with Crippen LogP contribution < -0.4 is 11.1 Å². The minimum Gasteiger partial charge on any atom is -0.462 e. The molecule has 0 radical (unpaired) electrons. The Labute approximate surface area is 92.6 Å². The lowest BCUT2D eigenvalue weighted by Gasteiger charge is -2.07. The highest BCUT2D eigenvalue weighted by molar-refractivity contribution is 6.06. The molecule has 0 spiro atoms. The number of anilines is 1. The van der Waals surface area contributed by atoms with E-state index in [9.17, 15) is 9.59 Å². The monoisotopic (exact) mass is 220 g/mol. The SMILES string of the molecule is CCOC(=O)c1ccc(N)c2c1CNC2=O. The van der Waals surface area contributed by atoms with Crippen LogP contribution in [0.5, 0.6) is 0 Å². The van der Waals surface area contributed by atoms with E-state index in [1.54, 1.807) is 19.1 Å². The maximum atomic E-state index is 11.6. The van der Waals surface area contributed by atoms with Crippen molar-refractivity contribution in [1.29, 1.82) is 0 Å². The van der Waals surface area contributed by atoms with Crippen molar-refractivity contribution in [3.05, 3.63) is 28.8 Å². The lowest BCUT2D eigenvalue weighted by molar-refractivity contribution is 0.0525. The Morgan fingerprint density at radius 1 is 1.56 bits per heavy atom. The molecule has 0 unspecified atom stereocenters. The van der Waals surface area contributed by atoms with Gasteiger partial charge in [0.05, 0.1) is 17.7 Å². The highest BCUT2D eigenvalue weighted by Crippen LogP contribution is 2.26. The number of hydrogen-bond donors (Lipinski definition) is 2. The third-order valence-electron chi connectivity index (χ3n) is 2.49. The van der Waals surface area contributed by atoms with Crippen molar-refractivity contribution < 1.29 is 14.3 Å². The van der Waals surface area contributed by atoms with Gasteiger partial charge in [-0.25, -0.2) is 4.79 Å². The van der Waals surface area contributed by atoms with Crippen molar-refractivity contribution in [1.82, 2.24) is 5.32 Å². The summed E-state index contributed by atoms with van der Waals surface area (Å²) < 4.78 is 4.91. The number of hydrogen-bond acceptors (Lipinski definition) is 4. The van der Waals surface area contributed by atoms with E-state index in [1.165, 1.54) is 0 Å². The number of ether oxygens (including phenoxy) is 1. The second-order valence-electron chi connectivity index (χ2n) is 3.46. The van der Waals surface area contributed by atoms with Gasteiger partial charge >= 0.3 is 5.97 Å². The molecule has 3 N–H and O–H groups in total. The quantitative estimate of drug-likeness (QED) is 0.567. The topological polar surface area (TPSA) is 81.4 Å². The Morgan fingerprint density at radius 2 is 2.31 bits per heavy atom. The molecule has 1 aliphatic rings. The van der Waals surface area contributed by atoms with Crippen LogP contribution in [0.25, 0.3) is 0 Å². The number of amides is 1. The Balaban J connectivity index is 2.50. The first-order chi connectivity index (χ1) is 7.65. The number of nitrogens with one attached hydrogen (secondary N) is 1. The van der Waals surface area contributed by atoms with Gasteiger partial charge in [0.25, 0.3) is 5.91 Å². The van der Waals surface area contributed by atoms with Crippen molar-refractivity contribution in [2.24, 2.45) is 0 Å². The Bertz CT molecular complexity index is 469. The normalized spacial score (nSPS) is 13.2. The van der Waals surface area contributed by atoms with Gasteiger partial charge in [0.2, 0.25) is 0 Å². The third kappa shape index (κ3) is 1.50. The molecule has 1 amide bonds. The van der Waals surface area contributed by atoms with E-state index in [-0.39, 0.29) is 5.91 Å². The maximum absolute atomic E-state index is 11.6. The van der Waals surface area contributed by atoms with Gasteiger partial charge in [-0.05, 0) is 19.1 Å². The summed E-state index contributed by atoms with van der Waals surface area (Å²) in [4.78, 5) is 23.1. The van der Waals surface area contributed by atoms with Crippen molar-refractivity contribution in [3.63, 3.8) is 0 Å². The molecular formula is C11H12N2O3. The molecule has 5 heteroatoms. The van der Waals surface area contributed by atoms with Gasteiger partial charge in [-0.15, -0.1) is 0 Å². The average molecular weight is 220 g/mol. The fraction of sp³-hybridized carbons (Fsp3) is 0.273. The zero-order valence-corrected chi connectivity index (χ0v) is 8.87. The predicted octanol–water partition coefficient (Wildman–Crippen LogP) is 0.689. The van der Waals surface area contributed by atoms with Gasteiger partial charge in [0, 0.05) is 17.8 Å². The number of rotatable bonds is 2. The zero-order chi connectivity index (χ0) is 11.7. The van der Waals surface area contributed by atoms with Gasteiger partial charge in [0.1, 0.15) is 0 Å². The smallest absolute Gasteiger partial charge is 0.338 e. The largest absolute Gasteiger partial charge is 0.462 e. The van der Waals surface area contributed by atoms with Crippen LogP contribution in [0.3, 0.4) is 0 Å². The van der Waals surface area contributed by atoms with Gasteiger partial charge < -0.3 is 15.8 Å². The van der Waals surface area contributed by atoms with Crippen LogP contribution in [-0.4, -0.2) is 18.5 Å². The van der Waals surface area contributed by atoms with Crippen molar-refractivity contribution in [2.75, 3.05) is 12.3 Å². The first-order valence-electron chi connectivity index (χ1n) is 5.01.